The summed E-state index contributed by atoms with van der Waals surface area (Å²) in [6.45, 7) is 11.9. The fraction of sp³-hybridized carbons (Fsp3) is 0.778. The molecule has 0 bridgehead atoms. The highest BCUT2D eigenvalue weighted by atomic mass is 16.1. The maximum absolute atomic E-state index is 11.7. The van der Waals surface area contributed by atoms with Gasteiger partial charge < -0.3 is 0 Å². The maximum atomic E-state index is 11.7. The second kappa shape index (κ2) is 7.51. The predicted molar refractivity (Wildman–Crippen MR) is 88.8 cm³/mol. The first-order chi connectivity index (χ1) is 10.4. The van der Waals surface area contributed by atoms with Gasteiger partial charge in [0.25, 0.3) is 0 Å². The predicted octanol–water partition coefficient (Wildman–Crippen LogP) is 2.14. The Labute approximate surface area is 134 Å². The number of hydrogen-bond donors (Lipinski definition) is 0. The van der Waals surface area contributed by atoms with Gasteiger partial charge in [-0.1, -0.05) is 26.0 Å². The van der Waals surface area contributed by atoms with E-state index in [4.69, 9.17) is 0 Å². The first-order valence-electron chi connectivity index (χ1n) is 8.57. The number of likely N-dealkylation sites (tertiary alicyclic amines) is 2. The average molecular weight is 306 g/mol. The number of ketones is 2. The molecule has 2 rings (SSSR count). The summed E-state index contributed by atoms with van der Waals surface area (Å²) < 4.78 is 0. The van der Waals surface area contributed by atoms with E-state index < -0.39 is 0 Å². The molecule has 0 amide bonds. The van der Waals surface area contributed by atoms with Crippen molar-refractivity contribution < 1.29 is 9.59 Å². The number of piperidine rings is 2. The SMILES string of the molecule is CC1CN(C/C=C/CN2CC(C)C(=O)CC2C)C(C)CC1=O. The van der Waals surface area contributed by atoms with E-state index in [1.165, 1.54) is 0 Å². The van der Waals surface area contributed by atoms with E-state index in [9.17, 15) is 9.59 Å². The lowest BCUT2D eigenvalue weighted by molar-refractivity contribution is -0.127. The largest absolute Gasteiger partial charge is 0.299 e. The van der Waals surface area contributed by atoms with Crippen LogP contribution in [0.4, 0.5) is 0 Å². The number of carbonyl (C=O) groups is 2. The second-order valence-electron chi connectivity index (χ2n) is 7.22. The van der Waals surface area contributed by atoms with Crippen molar-refractivity contribution in [1.82, 2.24) is 9.80 Å². The van der Waals surface area contributed by atoms with Gasteiger partial charge in [-0.3, -0.25) is 19.4 Å². The molecule has 4 unspecified atom stereocenters. The van der Waals surface area contributed by atoms with Crippen LogP contribution < -0.4 is 0 Å². The Balaban J connectivity index is 1.78. The molecule has 0 N–H and O–H groups in total. The van der Waals surface area contributed by atoms with Crippen LogP contribution in [0.15, 0.2) is 12.2 Å². The third kappa shape index (κ3) is 4.26. The van der Waals surface area contributed by atoms with E-state index in [0.29, 0.717) is 36.5 Å². The van der Waals surface area contributed by atoms with E-state index in [-0.39, 0.29) is 11.8 Å². The molecule has 124 valence electrons. The van der Waals surface area contributed by atoms with Crippen LogP contribution in [-0.4, -0.2) is 59.6 Å². The topological polar surface area (TPSA) is 40.6 Å². The molecule has 0 spiro atoms. The highest BCUT2D eigenvalue weighted by Crippen LogP contribution is 2.19. The van der Waals surface area contributed by atoms with Crippen LogP contribution in [0.25, 0.3) is 0 Å². The van der Waals surface area contributed by atoms with E-state index in [1.54, 1.807) is 0 Å². The van der Waals surface area contributed by atoms with Gasteiger partial charge in [0, 0.05) is 62.9 Å². The Kier molecular flexibility index (Phi) is 5.93. The van der Waals surface area contributed by atoms with Crippen molar-refractivity contribution in [2.24, 2.45) is 11.8 Å². The molecule has 2 aliphatic rings. The highest BCUT2D eigenvalue weighted by molar-refractivity contribution is 5.82. The number of carbonyl (C=O) groups excluding carboxylic acids is 2. The zero-order valence-electron chi connectivity index (χ0n) is 14.4. The monoisotopic (exact) mass is 306 g/mol. The van der Waals surface area contributed by atoms with Crippen molar-refractivity contribution in [1.29, 1.82) is 0 Å². The summed E-state index contributed by atoms with van der Waals surface area (Å²) in [6, 6.07) is 0.694. The normalized spacial score (nSPS) is 35.5. The van der Waals surface area contributed by atoms with Gasteiger partial charge in [0.15, 0.2) is 0 Å². The van der Waals surface area contributed by atoms with Gasteiger partial charge >= 0.3 is 0 Å². The van der Waals surface area contributed by atoms with Crippen molar-refractivity contribution in [2.45, 2.75) is 52.6 Å². The smallest absolute Gasteiger partial charge is 0.138 e. The Morgan fingerprint density at radius 2 is 1.18 bits per heavy atom. The van der Waals surface area contributed by atoms with Gasteiger partial charge in [-0.15, -0.1) is 0 Å². The van der Waals surface area contributed by atoms with Gasteiger partial charge in [0.1, 0.15) is 11.6 Å². The molecule has 22 heavy (non-hydrogen) atoms. The average Bonchev–Trinajstić information content (AvgIpc) is 2.45. The molecule has 2 saturated heterocycles. The Morgan fingerprint density at radius 1 is 0.818 bits per heavy atom. The van der Waals surface area contributed by atoms with Gasteiger partial charge in [0.2, 0.25) is 0 Å². The molecule has 4 heteroatoms. The van der Waals surface area contributed by atoms with Crippen molar-refractivity contribution in [3.05, 3.63) is 12.2 Å². The summed E-state index contributed by atoms with van der Waals surface area (Å²) in [6.07, 6.45) is 5.79. The van der Waals surface area contributed by atoms with Crippen molar-refractivity contribution in [2.75, 3.05) is 26.2 Å². The third-order valence-corrected chi connectivity index (χ3v) is 5.20. The van der Waals surface area contributed by atoms with Crippen molar-refractivity contribution >= 4 is 11.6 Å². The third-order valence-electron chi connectivity index (χ3n) is 5.20. The minimum Gasteiger partial charge on any atom is -0.299 e. The summed E-state index contributed by atoms with van der Waals surface area (Å²) in [5.41, 5.74) is 0. The molecular formula is C18H30N2O2. The van der Waals surface area contributed by atoms with Gasteiger partial charge in [-0.2, -0.15) is 0 Å². The molecule has 0 radical (unpaired) electrons. The molecule has 2 fully saturated rings. The lowest BCUT2D eigenvalue weighted by Gasteiger charge is -2.36. The maximum Gasteiger partial charge on any atom is 0.138 e. The molecule has 0 aromatic rings. The Morgan fingerprint density at radius 3 is 1.55 bits per heavy atom. The van der Waals surface area contributed by atoms with Crippen molar-refractivity contribution in [3.8, 4) is 0 Å². The number of nitrogens with zero attached hydrogens (tertiary/aromatic N) is 2. The van der Waals surface area contributed by atoms with Crippen LogP contribution in [0.5, 0.6) is 0 Å². The van der Waals surface area contributed by atoms with Crippen molar-refractivity contribution in [3.63, 3.8) is 0 Å². The standard InChI is InChI=1S/C18H30N2O2/c1-13-11-19(15(3)9-17(13)21)7-5-6-8-20-12-14(2)18(22)10-16(20)4/h5-6,13-16H,7-12H2,1-4H3/b6-5+. The van der Waals surface area contributed by atoms with E-state index >= 15 is 0 Å². The van der Waals surface area contributed by atoms with E-state index in [0.717, 1.165) is 26.2 Å². The molecule has 0 aliphatic carbocycles. The van der Waals surface area contributed by atoms with Crippen LogP contribution >= 0.6 is 0 Å². The molecule has 2 heterocycles. The lowest BCUT2D eigenvalue weighted by Crippen LogP contribution is -2.46. The van der Waals surface area contributed by atoms with Gasteiger partial charge in [-0.05, 0) is 13.8 Å². The first-order valence-corrected chi connectivity index (χ1v) is 8.57. The zero-order valence-corrected chi connectivity index (χ0v) is 14.4. The quantitative estimate of drug-likeness (QED) is 0.746. The Bertz CT molecular complexity index is 406. The molecule has 4 nitrogen and oxygen atoms in total. The Hall–Kier alpha value is -1.00. The van der Waals surface area contributed by atoms with E-state index in [2.05, 4.69) is 35.8 Å². The molecule has 0 aromatic heterocycles. The van der Waals surface area contributed by atoms with Crippen LogP contribution in [0.1, 0.15) is 40.5 Å². The number of rotatable bonds is 4. The highest BCUT2D eigenvalue weighted by Gasteiger charge is 2.29. The lowest BCUT2D eigenvalue weighted by atomic mass is 9.93. The molecule has 2 aliphatic heterocycles. The summed E-state index contributed by atoms with van der Waals surface area (Å²) in [5.74, 6) is 1.12. The zero-order chi connectivity index (χ0) is 16.3. The minimum atomic E-state index is 0.165. The second-order valence-corrected chi connectivity index (χ2v) is 7.22. The number of Topliss-reactive ketones (excluding diaryl/α,β-unsaturated/α-hetero) is 2. The fourth-order valence-corrected chi connectivity index (χ4v) is 3.44. The molecule has 0 saturated carbocycles. The van der Waals surface area contributed by atoms with Crippen LogP contribution in [0.3, 0.4) is 0 Å². The summed E-state index contributed by atoms with van der Waals surface area (Å²) >= 11 is 0. The molecule has 4 atom stereocenters. The summed E-state index contributed by atoms with van der Waals surface area (Å²) in [7, 11) is 0. The van der Waals surface area contributed by atoms with E-state index in [1.807, 2.05) is 13.8 Å². The number of hydrogen-bond acceptors (Lipinski definition) is 4. The summed E-state index contributed by atoms with van der Waals surface area (Å²) in [5, 5.41) is 0. The minimum absolute atomic E-state index is 0.165. The fourth-order valence-electron chi connectivity index (χ4n) is 3.44. The van der Waals surface area contributed by atoms with Crippen LogP contribution in [0, 0.1) is 11.8 Å². The van der Waals surface area contributed by atoms with Crippen LogP contribution in [0.2, 0.25) is 0 Å². The van der Waals surface area contributed by atoms with Crippen LogP contribution in [-0.2, 0) is 9.59 Å². The molecular weight excluding hydrogens is 276 g/mol. The van der Waals surface area contributed by atoms with Gasteiger partial charge in [-0.25, -0.2) is 0 Å². The first kappa shape index (κ1) is 17.4. The summed E-state index contributed by atoms with van der Waals surface area (Å²) in [4.78, 5) is 28.2. The van der Waals surface area contributed by atoms with Gasteiger partial charge in [0.05, 0.1) is 0 Å². The molecule has 0 aromatic carbocycles.